The highest BCUT2D eigenvalue weighted by molar-refractivity contribution is 6.02. The first-order valence-electron chi connectivity index (χ1n) is 14.5. The van der Waals surface area contributed by atoms with E-state index in [0.29, 0.717) is 36.0 Å². The van der Waals surface area contributed by atoms with Crippen LogP contribution in [0.1, 0.15) is 44.9 Å². The number of aliphatic hydroxyl groups is 1. The maximum Gasteiger partial charge on any atom is 0.573 e. The molecule has 1 aromatic carbocycles. The topological polar surface area (TPSA) is 135 Å². The monoisotopic (exact) mass is 636 g/mol. The Labute approximate surface area is 255 Å². The number of pyridine rings is 2. The van der Waals surface area contributed by atoms with E-state index < -0.39 is 58.3 Å². The molecule has 6 rings (SSSR count). The van der Waals surface area contributed by atoms with Crippen molar-refractivity contribution in [1.29, 1.82) is 0 Å². The molecule has 15 heteroatoms. The first-order chi connectivity index (χ1) is 20.9. The Morgan fingerprint density at radius 3 is 2.62 bits per heavy atom. The Kier molecular flexibility index (Phi) is 7.08. The molecule has 0 aliphatic carbocycles. The van der Waals surface area contributed by atoms with Gasteiger partial charge in [-0.3, -0.25) is 10.1 Å². The van der Waals surface area contributed by atoms with E-state index >= 15 is 4.39 Å². The lowest BCUT2D eigenvalue weighted by atomic mass is 9.92. The number of alkyl halides is 3. The van der Waals surface area contributed by atoms with Gasteiger partial charge in [0.05, 0.1) is 22.6 Å². The molecule has 0 radical (unpaired) electrons. The summed E-state index contributed by atoms with van der Waals surface area (Å²) in [6.07, 6.45) is -4.82. The fourth-order valence-electron chi connectivity index (χ4n) is 6.72. The summed E-state index contributed by atoms with van der Waals surface area (Å²) in [7, 11) is 0. The van der Waals surface area contributed by atoms with Crippen LogP contribution in [-0.2, 0) is 4.79 Å². The van der Waals surface area contributed by atoms with Crippen LogP contribution in [0, 0.1) is 25.5 Å². The lowest BCUT2D eigenvalue weighted by Gasteiger charge is -2.47. The second-order valence-corrected chi connectivity index (χ2v) is 12.7. The number of aromatic nitrogens is 2. The number of fused-ring (bicyclic) bond motifs is 5. The van der Waals surface area contributed by atoms with Gasteiger partial charge in [0.15, 0.2) is 17.4 Å². The van der Waals surface area contributed by atoms with Crippen molar-refractivity contribution in [3.63, 3.8) is 0 Å². The minimum Gasteiger partial charge on any atom is -0.472 e. The van der Waals surface area contributed by atoms with Crippen LogP contribution in [0.15, 0.2) is 12.1 Å². The van der Waals surface area contributed by atoms with Gasteiger partial charge in [0.2, 0.25) is 11.8 Å². The van der Waals surface area contributed by atoms with Crippen molar-refractivity contribution in [1.82, 2.24) is 20.6 Å². The molecule has 1 amide bonds. The molecule has 2 saturated heterocycles. The van der Waals surface area contributed by atoms with E-state index in [1.165, 1.54) is 0 Å². The maximum atomic E-state index is 16.7. The van der Waals surface area contributed by atoms with Crippen LogP contribution in [0.4, 0.5) is 33.5 Å². The average molecular weight is 637 g/mol. The standard InChI is InChI=1S/C30H33F5N6O4/c1-12-13(2)38-25-20-19(12)21(32)22(16-8-15(36)9-17(31)24(16)45-30(33,34)35)39-26(20)44-14(3)23-18-6-7-29(40-18,11-41(23)25)27(42)37-10-28(4,5)43/h8-9,14,18,23,40,43H,6-7,10-11,36H2,1-5H3,(H,37,42). The number of piperazine rings is 1. The Hall–Kier alpha value is -3.98. The molecule has 2 bridgehead atoms. The third-order valence-electron chi connectivity index (χ3n) is 8.78. The number of ether oxygens (including phenoxy) is 2. The number of anilines is 2. The van der Waals surface area contributed by atoms with Gasteiger partial charge in [-0.05, 0) is 59.1 Å². The maximum absolute atomic E-state index is 16.7. The van der Waals surface area contributed by atoms with E-state index in [-0.39, 0.29) is 47.4 Å². The summed E-state index contributed by atoms with van der Waals surface area (Å²) in [5, 5.41) is 16.6. The molecule has 4 unspecified atom stereocenters. The van der Waals surface area contributed by atoms with Crippen LogP contribution in [0.25, 0.3) is 22.0 Å². The zero-order valence-corrected chi connectivity index (χ0v) is 25.2. The van der Waals surface area contributed by atoms with Crippen LogP contribution in [-0.4, -0.2) is 69.8 Å². The predicted octanol–water partition coefficient (Wildman–Crippen LogP) is 4.02. The molecule has 4 atom stereocenters. The highest BCUT2D eigenvalue weighted by atomic mass is 19.4. The van der Waals surface area contributed by atoms with Gasteiger partial charge < -0.3 is 30.5 Å². The quantitative estimate of drug-likeness (QED) is 0.242. The second-order valence-electron chi connectivity index (χ2n) is 12.7. The van der Waals surface area contributed by atoms with E-state index in [2.05, 4.69) is 20.4 Å². The van der Waals surface area contributed by atoms with Crippen LogP contribution >= 0.6 is 0 Å². The molecule has 45 heavy (non-hydrogen) atoms. The largest absolute Gasteiger partial charge is 0.573 e. The number of halogens is 5. The van der Waals surface area contributed by atoms with Gasteiger partial charge in [0, 0.05) is 42.0 Å². The first-order valence-corrected chi connectivity index (χ1v) is 14.5. The van der Waals surface area contributed by atoms with Crippen LogP contribution in [0.5, 0.6) is 11.6 Å². The molecule has 5 heterocycles. The highest BCUT2D eigenvalue weighted by Gasteiger charge is 2.56. The van der Waals surface area contributed by atoms with Crippen molar-refractivity contribution in [2.45, 2.75) is 83.2 Å². The fourth-order valence-corrected chi connectivity index (χ4v) is 6.72. The lowest BCUT2D eigenvalue weighted by molar-refractivity contribution is -0.275. The number of carbonyl (C=O) groups is 1. The normalized spacial score (nSPS) is 24.2. The number of nitrogen functional groups attached to an aromatic ring is 1. The molecule has 10 nitrogen and oxygen atoms in total. The van der Waals surface area contributed by atoms with Crippen LogP contribution in [0.2, 0.25) is 0 Å². The van der Waals surface area contributed by atoms with Gasteiger partial charge >= 0.3 is 6.36 Å². The summed E-state index contributed by atoms with van der Waals surface area (Å²) in [5.41, 5.74) is 2.82. The summed E-state index contributed by atoms with van der Waals surface area (Å²) < 4.78 is 81.8. The molecular formula is C30H33F5N6O4. The summed E-state index contributed by atoms with van der Waals surface area (Å²) in [5.74, 6) is -3.89. The SMILES string of the molecule is Cc1nc2c3c(nc(-c4cc(N)cc(F)c4OC(F)(F)F)c(F)c3c1C)OC(C)C1C3CCC(C(=O)NCC(C)(C)O)(CN21)N3. The Balaban J connectivity index is 1.55. The molecule has 5 N–H and O–H groups in total. The number of rotatable bonds is 5. The summed E-state index contributed by atoms with van der Waals surface area (Å²) in [6.45, 7) is 8.37. The molecule has 3 aliphatic rings. The van der Waals surface area contributed by atoms with Crippen molar-refractivity contribution >= 4 is 28.2 Å². The number of hydrogen-bond acceptors (Lipinski definition) is 9. The molecule has 0 spiro atoms. The van der Waals surface area contributed by atoms with Crippen molar-refractivity contribution in [2.24, 2.45) is 0 Å². The Morgan fingerprint density at radius 2 is 1.96 bits per heavy atom. The van der Waals surface area contributed by atoms with Crippen molar-refractivity contribution in [3.8, 4) is 22.9 Å². The molecule has 2 aromatic heterocycles. The minimum atomic E-state index is -5.29. The number of carbonyl (C=O) groups excluding carboxylic acids is 1. The van der Waals surface area contributed by atoms with E-state index in [1.54, 1.807) is 34.6 Å². The van der Waals surface area contributed by atoms with Gasteiger partial charge in [0.1, 0.15) is 23.2 Å². The highest BCUT2D eigenvalue weighted by Crippen LogP contribution is 2.48. The number of nitrogens with zero attached hydrogens (tertiary/aromatic N) is 3. The van der Waals surface area contributed by atoms with Gasteiger partial charge in [-0.15, -0.1) is 13.2 Å². The van der Waals surface area contributed by atoms with Gasteiger partial charge in [-0.2, -0.15) is 0 Å². The molecule has 3 aromatic rings. The van der Waals surface area contributed by atoms with Gasteiger partial charge in [-0.1, -0.05) is 0 Å². The summed E-state index contributed by atoms with van der Waals surface area (Å²) in [4.78, 5) is 24.6. The van der Waals surface area contributed by atoms with Gasteiger partial charge in [0.25, 0.3) is 0 Å². The zero-order valence-electron chi connectivity index (χ0n) is 25.2. The minimum absolute atomic E-state index is 0.0282. The second kappa shape index (κ2) is 10.3. The van der Waals surface area contributed by atoms with Crippen LogP contribution < -0.4 is 30.7 Å². The van der Waals surface area contributed by atoms with E-state index in [4.69, 9.17) is 15.5 Å². The number of aryl methyl sites for hydroxylation is 2. The van der Waals surface area contributed by atoms with E-state index in [0.717, 1.165) is 6.07 Å². The molecule has 0 saturated carbocycles. The fraction of sp³-hybridized carbons (Fsp3) is 0.500. The number of nitrogens with one attached hydrogen (secondary N) is 2. The van der Waals surface area contributed by atoms with E-state index in [9.17, 15) is 27.5 Å². The Bertz CT molecular complexity index is 1730. The van der Waals surface area contributed by atoms with Crippen molar-refractivity contribution < 1.29 is 41.3 Å². The number of amides is 1. The van der Waals surface area contributed by atoms with Crippen molar-refractivity contribution in [3.05, 3.63) is 35.0 Å². The average Bonchev–Trinajstić information content (AvgIpc) is 3.22. The van der Waals surface area contributed by atoms with E-state index in [1.807, 2.05) is 4.90 Å². The smallest absolute Gasteiger partial charge is 0.472 e. The molecular weight excluding hydrogens is 603 g/mol. The molecule has 2 fully saturated rings. The third-order valence-corrected chi connectivity index (χ3v) is 8.78. The predicted molar refractivity (Wildman–Crippen MR) is 155 cm³/mol. The molecule has 242 valence electrons. The summed E-state index contributed by atoms with van der Waals surface area (Å²) >= 11 is 0. The third kappa shape index (κ3) is 5.25. The number of benzene rings is 1. The lowest BCUT2D eigenvalue weighted by Crippen LogP contribution is -2.71. The zero-order chi connectivity index (χ0) is 32.8. The van der Waals surface area contributed by atoms with Gasteiger partial charge in [-0.25, -0.2) is 18.7 Å². The number of nitrogens with two attached hydrogens (primary N) is 1. The number of hydrogen-bond donors (Lipinski definition) is 4. The molecule has 3 aliphatic heterocycles. The first kappa shape index (κ1) is 31.0. The van der Waals surface area contributed by atoms with Crippen molar-refractivity contribution in [2.75, 3.05) is 23.7 Å². The van der Waals surface area contributed by atoms with Crippen LogP contribution in [0.3, 0.4) is 0 Å². The summed E-state index contributed by atoms with van der Waals surface area (Å²) in [6, 6.07) is 0.951. The Morgan fingerprint density at radius 1 is 1.24 bits per heavy atom.